The van der Waals surface area contributed by atoms with Gasteiger partial charge >= 0.3 is 0 Å². The van der Waals surface area contributed by atoms with Crippen molar-refractivity contribution in [2.75, 3.05) is 7.11 Å². The van der Waals surface area contributed by atoms with Gasteiger partial charge in [-0.15, -0.1) is 0 Å². The maximum Gasteiger partial charge on any atom is 0.228 e. The lowest BCUT2D eigenvalue weighted by molar-refractivity contribution is -0.133. The molecule has 0 bridgehead atoms. The number of allylic oxidation sites excluding steroid dienone is 2. The number of ketones is 3. The predicted octanol–water partition coefficient (Wildman–Crippen LogP) is 6.67. The highest BCUT2D eigenvalue weighted by atomic mass is 16.5. The Labute approximate surface area is 208 Å². The van der Waals surface area contributed by atoms with E-state index in [-0.39, 0.29) is 29.8 Å². The third-order valence-corrected chi connectivity index (χ3v) is 7.67. The predicted molar refractivity (Wildman–Crippen MR) is 139 cm³/mol. The van der Waals surface area contributed by atoms with Gasteiger partial charge in [0.1, 0.15) is 5.75 Å². The minimum absolute atomic E-state index is 0.00589. The number of Topliss-reactive ketones (excluding diaryl/α,β-unsaturated/α-hetero) is 3. The van der Waals surface area contributed by atoms with Gasteiger partial charge in [-0.25, -0.2) is 0 Å². The van der Waals surface area contributed by atoms with E-state index in [0.29, 0.717) is 34.8 Å². The number of hydrogen-bond donors (Lipinski definition) is 0. The standard InChI is InChI=1S/C31H36O4/c1-5-6-28(32)31(34)26-15-20(3)24-18-29(35-4)27(17-25(24)26)30(33)23-13-11-22(12-14-23)16-21-9-7-19(2)8-10-21/h7-10,15,17-18,20,22-23H,5-6,11-14,16H2,1-4H3. The Morgan fingerprint density at radius 1 is 1.00 bits per heavy atom. The number of fused-ring (bicyclic) bond motifs is 1. The molecule has 0 spiro atoms. The van der Waals surface area contributed by atoms with Crippen molar-refractivity contribution in [3.05, 3.63) is 70.3 Å². The van der Waals surface area contributed by atoms with Gasteiger partial charge in [0.25, 0.3) is 0 Å². The second-order valence-corrected chi connectivity index (χ2v) is 10.3. The van der Waals surface area contributed by atoms with Gasteiger partial charge < -0.3 is 4.74 Å². The van der Waals surface area contributed by atoms with Gasteiger partial charge in [-0.3, -0.25) is 14.4 Å². The SMILES string of the molecule is CCCC(=O)C(=O)C1=CC(C)c2cc(OC)c(C(=O)C3CCC(Cc4ccc(C)cc4)CC3)cc21. The number of rotatable bonds is 9. The van der Waals surface area contributed by atoms with Gasteiger partial charge in [-0.2, -0.15) is 0 Å². The Bertz CT molecular complexity index is 1150. The summed E-state index contributed by atoms with van der Waals surface area (Å²) in [7, 11) is 1.58. The fraction of sp³-hybridized carbons (Fsp3) is 0.452. The van der Waals surface area contributed by atoms with E-state index in [1.807, 2.05) is 26.0 Å². The summed E-state index contributed by atoms with van der Waals surface area (Å²) in [4.78, 5) is 38.8. The molecule has 0 amide bonds. The summed E-state index contributed by atoms with van der Waals surface area (Å²) in [6.07, 6.45) is 7.58. The van der Waals surface area contributed by atoms with Crippen molar-refractivity contribution < 1.29 is 19.1 Å². The van der Waals surface area contributed by atoms with Crippen molar-refractivity contribution >= 4 is 22.9 Å². The van der Waals surface area contributed by atoms with Crippen molar-refractivity contribution in [2.45, 2.75) is 71.6 Å². The highest BCUT2D eigenvalue weighted by Gasteiger charge is 2.33. The summed E-state index contributed by atoms with van der Waals surface area (Å²) in [6.45, 7) is 5.99. The normalized spacial score (nSPS) is 21.3. The molecule has 4 heteroatoms. The zero-order valence-corrected chi connectivity index (χ0v) is 21.4. The van der Waals surface area contributed by atoms with E-state index in [4.69, 9.17) is 4.74 Å². The highest BCUT2D eigenvalue weighted by molar-refractivity contribution is 6.54. The fourth-order valence-electron chi connectivity index (χ4n) is 5.59. The maximum atomic E-state index is 13.6. The van der Waals surface area contributed by atoms with Crippen LogP contribution in [-0.4, -0.2) is 24.5 Å². The van der Waals surface area contributed by atoms with Crippen LogP contribution in [0.5, 0.6) is 5.75 Å². The van der Waals surface area contributed by atoms with E-state index in [2.05, 4.69) is 31.2 Å². The Balaban J connectivity index is 1.51. The molecule has 0 N–H and O–H groups in total. The van der Waals surface area contributed by atoms with Crippen LogP contribution in [0.2, 0.25) is 0 Å². The molecule has 1 fully saturated rings. The number of benzene rings is 2. The van der Waals surface area contributed by atoms with Crippen LogP contribution >= 0.6 is 0 Å². The Morgan fingerprint density at radius 2 is 1.69 bits per heavy atom. The van der Waals surface area contributed by atoms with E-state index >= 15 is 0 Å². The summed E-state index contributed by atoms with van der Waals surface area (Å²) in [5.41, 5.74) is 5.25. The van der Waals surface area contributed by atoms with Crippen LogP contribution in [0.25, 0.3) is 5.57 Å². The Kier molecular flexibility index (Phi) is 7.69. The summed E-state index contributed by atoms with van der Waals surface area (Å²) in [5.74, 6) is 0.385. The van der Waals surface area contributed by atoms with Crippen molar-refractivity contribution in [1.82, 2.24) is 0 Å². The Hall–Kier alpha value is -3.01. The topological polar surface area (TPSA) is 60.4 Å². The van der Waals surface area contributed by atoms with Crippen LogP contribution in [0.3, 0.4) is 0 Å². The number of hydrogen-bond acceptors (Lipinski definition) is 4. The summed E-state index contributed by atoms with van der Waals surface area (Å²) in [5, 5.41) is 0. The molecule has 184 valence electrons. The van der Waals surface area contributed by atoms with Crippen LogP contribution in [0, 0.1) is 18.8 Å². The lowest BCUT2D eigenvalue weighted by atomic mass is 9.76. The molecule has 0 aromatic heterocycles. The quantitative estimate of drug-likeness (QED) is 0.302. The van der Waals surface area contributed by atoms with E-state index in [9.17, 15) is 14.4 Å². The van der Waals surface area contributed by atoms with E-state index in [0.717, 1.165) is 37.7 Å². The van der Waals surface area contributed by atoms with Gasteiger partial charge in [-0.1, -0.05) is 49.8 Å². The fourth-order valence-corrected chi connectivity index (χ4v) is 5.59. The molecule has 2 aromatic carbocycles. The summed E-state index contributed by atoms with van der Waals surface area (Å²) in [6, 6.07) is 12.4. The Morgan fingerprint density at radius 3 is 2.31 bits per heavy atom. The average Bonchev–Trinajstić information content (AvgIpc) is 3.19. The van der Waals surface area contributed by atoms with Gasteiger partial charge in [0, 0.05) is 23.8 Å². The smallest absolute Gasteiger partial charge is 0.228 e. The molecule has 1 unspecified atom stereocenters. The molecule has 35 heavy (non-hydrogen) atoms. The molecule has 2 aliphatic carbocycles. The second kappa shape index (κ2) is 10.7. The largest absolute Gasteiger partial charge is 0.496 e. The van der Waals surface area contributed by atoms with Crippen LogP contribution in [0.15, 0.2) is 42.5 Å². The number of aryl methyl sites for hydroxylation is 1. The average molecular weight is 473 g/mol. The van der Waals surface area contributed by atoms with Gasteiger partial charge in [-0.05, 0) is 80.2 Å². The lowest BCUT2D eigenvalue weighted by Gasteiger charge is -2.28. The first-order chi connectivity index (χ1) is 16.8. The molecule has 0 heterocycles. The number of carbonyl (C=O) groups excluding carboxylic acids is 3. The lowest BCUT2D eigenvalue weighted by Crippen LogP contribution is -2.23. The first kappa shape index (κ1) is 25.1. The molecule has 4 rings (SSSR count). The minimum atomic E-state index is -0.447. The first-order valence-corrected chi connectivity index (χ1v) is 12.9. The van der Waals surface area contributed by atoms with E-state index in [1.165, 1.54) is 11.1 Å². The minimum Gasteiger partial charge on any atom is -0.496 e. The van der Waals surface area contributed by atoms with E-state index in [1.54, 1.807) is 13.2 Å². The monoisotopic (exact) mass is 472 g/mol. The van der Waals surface area contributed by atoms with Crippen LogP contribution < -0.4 is 4.74 Å². The summed E-state index contributed by atoms with van der Waals surface area (Å²) >= 11 is 0. The van der Waals surface area contributed by atoms with Crippen LogP contribution in [0.1, 0.15) is 90.9 Å². The highest BCUT2D eigenvalue weighted by Crippen LogP contribution is 2.42. The number of ether oxygens (including phenoxy) is 1. The van der Waals surface area contributed by atoms with Crippen LogP contribution in [-0.2, 0) is 16.0 Å². The molecule has 2 aliphatic rings. The van der Waals surface area contributed by atoms with Crippen molar-refractivity contribution in [2.24, 2.45) is 11.8 Å². The molecule has 1 saturated carbocycles. The van der Waals surface area contributed by atoms with Crippen LogP contribution in [0.4, 0.5) is 0 Å². The maximum absolute atomic E-state index is 13.6. The molecule has 0 radical (unpaired) electrons. The van der Waals surface area contributed by atoms with Crippen molar-refractivity contribution in [3.8, 4) is 5.75 Å². The molecule has 0 aliphatic heterocycles. The third-order valence-electron chi connectivity index (χ3n) is 7.67. The molecular formula is C31H36O4. The van der Waals surface area contributed by atoms with E-state index < -0.39 is 5.78 Å². The number of carbonyl (C=O) groups is 3. The summed E-state index contributed by atoms with van der Waals surface area (Å²) < 4.78 is 5.63. The molecular weight excluding hydrogens is 436 g/mol. The zero-order chi connectivity index (χ0) is 25.1. The molecule has 1 atom stereocenters. The zero-order valence-electron chi connectivity index (χ0n) is 21.4. The van der Waals surface area contributed by atoms with Gasteiger partial charge in [0.05, 0.1) is 12.7 Å². The van der Waals surface area contributed by atoms with Gasteiger partial charge in [0.2, 0.25) is 11.6 Å². The van der Waals surface area contributed by atoms with Crippen molar-refractivity contribution in [3.63, 3.8) is 0 Å². The molecule has 0 saturated heterocycles. The number of methoxy groups -OCH3 is 1. The first-order valence-electron chi connectivity index (χ1n) is 12.9. The van der Waals surface area contributed by atoms with Gasteiger partial charge in [0.15, 0.2) is 5.78 Å². The second-order valence-electron chi connectivity index (χ2n) is 10.3. The molecule has 2 aromatic rings. The molecule has 4 nitrogen and oxygen atoms in total. The third kappa shape index (κ3) is 5.32. The van der Waals surface area contributed by atoms with Crippen molar-refractivity contribution in [1.29, 1.82) is 0 Å².